The molecule has 0 spiro atoms. The Morgan fingerprint density at radius 2 is 1.87 bits per heavy atom. The van der Waals surface area contributed by atoms with Gasteiger partial charge in [0.05, 0.1) is 8.67 Å². The van der Waals surface area contributed by atoms with Gasteiger partial charge >= 0.3 is 12.3 Å². The van der Waals surface area contributed by atoms with Crippen LogP contribution in [0.25, 0.3) is 0 Å². The Morgan fingerprint density at radius 1 is 1.33 bits per heavy atom. The highest BCUT2D eigenvalue weighted by atomic mass is 79.9. The largest absolute Gasteiger partial charge is 0.323 e. The lowest BCUT2D eigenvalue weighted by Crippen LogP contribution is -2.31. The molecule has 0 aliphatic rings. The topological polar surface area (TPSA) is 0 Å². The molecule has 0 aliphatic carbocycles. The Hall–Kier alpha value is 0.480. The average molecular weight is 346 g/mol. The van der Waals surface area contributed by atoms with Crippen LogP contribution in [-0.2, 0) is 0 Å². The fourth-order valence-electron chi connectivity index (χ4n) is 0.844. The highest BCUT2D eigenvalue weighted by Crippen LogP contribution is 2.47. The molecule has 15 heavy (non-hydrogen) atoms. The van der Waals surface area contributed by atoms with Gasteiger partial charge < -0.3 is 0 Å². The first-order valence-electron chi connectivity index (χ1n) is 3.51. The molecular formula is C7H3BrCl2F4S. The van der Waals surface area contributed by atoms with Gasteiger partial charge in [0.15, 0.2) is 0 Å². The molecular weight excluding hydrogens is 343 g/mol. The maximum atomic E-state index is 12.9. The molecule has 0 saturated carbocycles. The fourth-order valence-corrected chi connectivity index (χ4v) is 3.22. The van der Waals surface area contributed by atoms with Crippen molar-refractivity contribution in [3.05, 3.63) is 20.3 Å². The first-order valence-corrected chi connectivity index (χ1v) is 6.00. The Kier molecular flexibility index (Phi) is 4.31. The smallest absolute Gasteiger partial charge is 0.204 e. The van der Waals surface area contributed by atoms with E-state index in [4.69, 9.17) is 23.2 Å². The predicted molar refractivity (Wildman–Crippen MR) is 57.0 cm³/mol. The first-order chi connectivity index (χ1) is 6.76. The lowest BCUT2D eigenvalue weighted by molar-refractivity contribution is -0.127. The Bertz CT molecular complexity index is 355. The summed E-state index contributed by atoms with van der Waals surface area (Å²) in [6, 6.07) is 1.14. The van der Waals surface area contributed by atoms with E-state index in [-0.39, 0.29) is 14.2 Å². The predicted octanol–water partition coefficient (Wildman–Crippen LogP) is 5.39. The second-order valence-corrected chi connectivity index (χ2v) is 5.82. The molecule has 1 unspecified atom stereocenters. The van der Waals surface area contributed by atoms with E-state index >= 15 is 0 Å². The van der Waals surface area contributed by atoms with Crippen molar-refractivity contribution in [2.24, 2.45) is 0 Å². The number of halogens is 7. The summed E-state index contributed by atoms with van der Waals surface area (Å²) >= 11 is 14.5. The van der Waals surface area contributed by atoms with Gasteiger partial charge in [0.1, 0.15) is 4.83 Å². The van der Waals surface area contributed by atoms with E-state index in [1.807, 2.05) is 0 Å². The van der Waals surface area contributed by atoms with Crippen molar-refractivity contribution < 1.29 is 17.6 Å². The van der Waals surface area contributed by atoms with Crippen LogP contribution in [0.3, 0.4) is 0 Å². The molecule has 0 bridgehead atoms. The monoisotopic (exact) mass is 344 g/mol. The molecule has 1 atom stereocenters. The van der Waals surface area contributed by atoms with E-state index in [0.29, 0.717) is 0 Å². The summed E-state index contributed by atoms with van der Waals surface area (Å²) in [6.45, 7) is 0. The molecule has 1 rings (SSSR count). The maximum Gasteiger partial charge on any atom is 0.323 e. The summed E-state index contributed by atoms with van der Waals surface area (Å²) in [4.78, 5) is -1.85. The lowest BCUT2D eigenvalue weighted by atomic mass is 10.1. The van der Waals surface area contributed by atoms with Crippen LogP contribution in [0.15, 0.2) is 6.07 Å². The highest BCUT2D eigenvalue weighted by Gasteiger charge is 2.49. The number of rotatable bonds is 3. The first kappa shape index (κ1) is 13.5. The molecule has 1 aromatic heterocycles. The normalized spacial score (nSPS) is 14.7. The van der Waals surface area contributed by atoms with Gasteiger partial charge in [-0.3, -0.25) is 0 Å². The quantitative estimate of drug-likeness (QED) is 0.509. The van der Waals surface area contributed by atoms with Crippen LogP contribution in [0.4, 0.5) is 17.6 Å². The molecule has 0 saturated heterocycles. The maximum absolute atomic E-state index is 12.9. The van der Waals surface area contributed by atoms with E-state index in [9.17, 15) is 17.6 Å². The minimum atomic E-state index is -4.19. The summed E-state index contributed by atoms with van der Waals surface area (Å²) in [5.41, 5.74) is -0.128. The molecule has 0 aromatic carbocycles. The van der Waals surface area contributed by atoms with Crippen molar-refractivity contribution in [2.45, 2.75) is 17.2 Å². The third kappa shape index (κ3) is 2.78. The summed E-state index contributed by atoms with van der Waals surface area (Å²) in [6.07, 6.45) is -3.77. The Labute approximate surface area is 105 Å². The van der Waals surface area contributed by atoms with Crippen molar-refractivity contribution in [3.63, 3.8) is 0 Å². The summed E-state index contributed by atoms with van der Waals surface area (Å²) < 4.78 is 50.1. The molecule has 0 N–H and O–H groups in total. The third-order valence-electron chi connectivity index (χ3n) is 1.58. The van der Waals surface area contributed by atoms with E-state index in [2.05, 4.69) is 15.9 Å². The molecule has 1 heterocycles. The van der Waals surface area contributed by atoms with Crippen LogP contribution in [0.2, 0.25) is 8.67 Å². The van der Waals surface area contributed by atoms with Crippen molar-refractivity contribution in [3.8, 4) is 0 Å². The Morgan fingerprint density at radius 3 is 2.20 bits per heavy atom. The highest BCUT2D eigenvalue weighted by molar-refractivity contribution is 9.09. The van der Waals surface area contributed by atoms with Gasteiger partial charge in [0, 0.05) is 5.56 Å². The molecule has 0 radical (unpaired) electrons. The molecule has 86 valence electrons. The lowest BCUT2D eigenvalue weighted by Gasteiger charge is -2.20. The summed E-state index contributed by atoms with van der Waals surface area (Å²) in [7, 11) is 0. The van der Waals surface area contributed by atoms with Crippen molar-refractivity contribution in [1.82, 2.24) is 0 Å². The van der Waals surface area contributed by atoms with Gasteiger partial charge in [0.2, 0.25) is 0 Å². The van der Waals surface area contributed by atoms with E-state index in [0.717, 1.165) is 17.4 Å². The number of hydrogen-bond donors (Lipinski definition) is 0. The minimum Gasteiger partial charge on any atom is -0.204 e. The summed E-state index contributed by atoms with van der Waals surface area (Å²) in [5, 5.41) is 0. The summed E-state index contributed by atoms with van der Waals surface area (Å²) in [5.74, 6) is -4.19. The van der Waals surface area contributed by atoms with Gasteiger partial charge in [0.25, 0.3) is 0 Å². The minimum absolute atomic E-state index is 0.0257. The van der Waals surface area contributed by atoms with Crippen LogP contribution >= 0.6 is 50.5 Å². The van der Waals surface area contributed by atoms with Gasteiger partial charge in [-0.15, -0.1) is 11.3 Å². The van der Waals surface area contributed by atoms with Gasteiger partial charge in [-0.25, -0.2) is 8.78 Å². The van der Waals surface area contributed by atoms with Crippen LogP contribution < -0.4 is 0 Å². The van der Waals surface area contributed by atoms with E-state index in [1.54, 1.807) is 0 Å². The van der Waals surface area contributed by atoms with Crippen molar-refractivity contribution in [2.75, 3.05) is 0 Å². The zero-order chi connectivity index (χ0) is 11.8. The van der Waals surface area contributed by atoms with Crippen LogP contribution in [0.1, 0.15) is 10.4 Å². The standard InChI is InChI=1S/C7H3BrCl2F4S/c8-4(7(13,14)6(11)12)2-1-3(9)15-5(2)10/h1,4,6H. The molecule has 1 aromatic rings. The molecule has 0 amide bonds. The van der Waals surface area contributed by atoms with Gasteiger partial charge in [-0.2, -0.15) is 8.78 Å². The third-order valence-corrected chi connectivity index (χ3v) is 4.21. The zero-order valence-electron chi connectivity index (χ0n) is 6.79. The zero-order valence-corrected chi connectivity index (χ0v) is 10.7. The fraction of sp³-hybridized carbons (Fsp3) is 0.429. The van der Waals surface area contributed by atoms with Crippen LogP contribution in [0.5, 0.6) is 0 Å². The van der Waals surface area contributed by atoms with Crippen molar-refractivity contribution in [1.29, 1.82) is 0 Å². The SMILES string of the molecule is FC(F)C(F)(F)C(Br)c1cc(Cl)sc1Cl. The van der Waals surface area contributed by atoms with Gasteiger partial charge in [-0.05, 0) is 6.07 Å². The van der Waals surface area contributed by atoms with Crippen LogP contribution in [0, 0.1) is 0 Å². The Balaban J connectivity index is 3.04. The van der Waals surface area contributed by atoms with Crippen molar-refractivity contribution >= 4 is 50.5 Å². The number of alkyl halides is 5. The molecule has 0 fully saturated rings. The second-order valence-electron chi connectivity index (χ2n) is 2.62. The second kappa shape index (κ2) is 4.77. The molecule has 8 heteroatoms. The van der Waals surface area contributed by atoms with E-state index < -0.39 is 17.2 Å². The van der Waals surface area contributed by atoms with Crippen LogP contribution in [-0.4, -0.2) is 12.3 Å². The molecule has 0 aliphatic heterocycles. The van der Waals surface area contributed by atoms with E-state index in [1.165, 1.54) is 0 Å². The average Bonchev–Trinajstić information content (AvgIpc) is 2.43. The number of hydrogen-bond acceptors (Lipinski definition) is 1. The number of thiophene rings is 1. The van der Waals surface area contributed by atoms with Gasteiger partial charge in [-0.1, -0.05) is 39.1 Å². The molecule has 0 nitrogen and oxygen atoms in total.